The standard InChI is InChI=1S/C20H19ClN4O3/c1-3-24-11-15(17(26)14-7-6-12(2)23-18(14)24)20(27)25-9-13(10-25)28-19-16(21)5-4-8-22-19/h4-8,11,13H,3,9-10H2,1-2H3. The molecule has 4 rings (SSSR count). The van der Waals surface area contributed by atoms with Gasteiger partial charge in [0.15, 0.2) is 0 Å². The van der Waals surface area contributed by atoms with Gasteiger partial charge in [0, 0.05) is 24.6 Å². The fourth-order valence-corrected chi connectivity index (χ4v) is 3.38. The van der Waals surface area contributed by atoms with Crippen LogP contribution in [0.1, 0.15) is 23.0 Å². The molecule has 3 aromatic rings. The summed E-state index contributed by atoms with van der Waals surface area (Å²) in [7, 11) is 0. The van der Waals surface area contributed by atoms with Crippen LogP contribution in [0.3, 0.4) is 0 Å². The molecule has 0 saturated carbocycles. The maximum atomic E-state index is 12.9. The summed E-state index contributed by atoms with van der Waals surface area (Å²) < 4.78 is 7.56. The monoisotopic (exact) mass is 398 g/mol. The van der Waals surface area contributed by atoms with Gasteiger partial charge in [0.05, 0.1) is 18.5 Å². The Labute approximate surface area is 166 Å². The molecule has 0 spiro atoms. The number of likely N-dealkylation sites (tertiary alicyclic amines) is 1. The Bertz CT molecular complexity index is 1120. The van der Waals surface area contributed by atoms with Gasteiger partial charge in [-0.2, -0.15) is 0 Å². The number of ether oxygens (including phenoxy) is 1. The second-order valence-corrected chi connectivity index (χ2v) is 7.13. The van der Waals surface area contributed by atoms with Gasteiger partial charge in [-0.05, 0) is 38.1 Å². The van der Waals surface area contributed by atoms with Gasteiger partial charge >= 0.3 is 0 Å². The number of hydrogen-bond acceptors (Lipinski definition) is 5. The van der Waals surface area contributed by atoms with Crippen LogP contribution in [-0.4, -0.2) is 44.5 Å². The van der Waals surface area contributed by atoms with Crippen molar-refractivity contribution in [3.05, 3.63) is 63.2 Å². The molecule has 7 nitrogen and oxygen atoms in total. The number of amides is 1. The maximum Gasteiger partial charge on any atom is 0.259 e. The molecule has 0 atom stereocenters. The third kappa shape index (κ3) is 3.22. The lowest BCUT2D eigenvalue weighted by atomic mass is 10.1. The lowest BCUT2D eigenvalue weighted by Crippen LogP contribution is -2.56. The molecule has 3 aromatic heterocycles. The van der Waals surface area contributed by atoms with Crippen LogP contribution < -0.4 is 10.2 Å². The van der Waals surface area contributed by atoms with Crippen LogP contribution >= 0.6 is 11.6 Å². The Morgan fingerprint density at radius 3 is 2.82 bits per heavy atom. The fourth-order valence-electron chi connectivity index (χ4n) is 3.22. The van der Waals surface area contributed by atoms with Gasteiger partial charge in [-0.1, -0.05) is 11.6 Å². The van der Waals surface area contributed by atoms with Gasteiger partial charge in [0.25, 0.3) is 5.91 Å². The van der Waals surface area contributed by atoms with Crippen LogP contribution in [0.4, 0.5) is 0 Å². The highest BCUT2D eigenvalue weighted by Crippen LogP contribution is 2.24. The highest BCUT2D eigenvalue weighted by molar-refractivity contribution is 6.31. The second kappa shape index (κ2) is 7.24. The lowest BCUT2D eigenvalue weighted by Gasteiger charge is -2.38. The van der Waals surface area contributed by atoms with E-state index in [4.69, 9.17) is 16.3 Å². The van der Waals surface area contributed by atoms with E-state index in [0.29, 0.717) is 41.6 Å². The maximum absolute atomic E-state index is 12.9. The normalized spacial score (nSPS) is 14.2. The first-order valence-corrected chi connectivity index (χ1v) is 9.43. The Hall–Kier alpha value is -2.93. The predicted octanol–water partition coefficient (Wildman–Crippen LogP) is 2.68. The molecule has 0 aliphatic carbocycles. The number of rotatable bonds is 4. The third-order valence-electron chi connectivity index (χ3n) is 4.77. The van der Waals surface area contributed by atoms with Crippen molar-refractivity contribution in [2.24, 2.45) is 0 Å². The zero-order chi connectivity index (χ0) is 19.8. The number of aryl methyl sites for hydroxylation is 2. The van der Waals surface area contributed by atoms with E-state index in [-0.39, 0.29) is 23.0 Å². The van der Waals surface area contributed by atoms with Gasteiger partial charge in [-0.3, -0.25) is 9.59 Å². The first kappa shape index (κ1) is 18.4. The van der Waals surface area contributed by atoms with Crippen molar-refractivity contribution in [3.63, 3.8) is 0 Å². The van der Waals surface area contributed by atoms with E-state index >= 15 is 0 Å². The molecule has 0 N–H and O–H groups in total. The summed E-state index contributed by atoms with van der Waals surface area (Å²) >= 11 is 6.05. The molecule has 1 fully saturated rings. The van der Waals surface area contributed by atoms with E-state index in [0.717, 1.165) is 5.69 Å². The highest BCUT2D eigenvalue weighted by atomic mass is 35.5. The summed E-state index contributed by atoms with van der Waals surface area (Å²) in [6.45, 7) is 5.18. The van der Waals surface area contributed by atoms with Gasteiger partial charge in [-0.15, -0.1) is 0 Å². The van der Waals surface area contributed by atoms with Crippen LogP contribution in [-0.2, 0) is 6.54 Å². The number of carbonyl (C=O) groups is 1. The SMILES string of the molecule is CCn1cc(C(=O)N2CC(Oc3ncccc3Cl)C2)c(=O)c2ccc(C)nc21. The molecular weight excluding hydrogens is 380 g/mol. The van der Waals surface area contributed by atoms with Gasteiger partial charge in [-0.25, -0.2) is 9.97 Å². The first-order chi connectivity index (χ1) is 13.5. The average molecular weight is 399 g/mol. The zero-order valence-corrected chi connectivity index (χ0v) is 16.3. The van der Waals surface area contributed by atoms with Crippen molar-refractivity contribution in [2.75, 3.05) is 13.1 Å². The van der Waals surface area contributed by atoms with Crippen LogP contribution in [0.25, 0.3) is 11.0 Å². The molecule has 144 valence electrons. The summed E-state index contributed by atoms with van der Waals surface area (Å²) in [5, 5.41) is 0.877. The van der Waals surface area contributed by atoms with Crippen molar-refractivity contribution >= 4 is 28.5 Å². The third-order valence-corrected chi connectivity index (χ3v) is 5.06. The van der Waals surface area contributed by atoms with Gasteiger partial charge in [0.2, 0.25) is 11.3 Å². The van der Waals surface area contributed by atoms with Gasteiger partial charge < -0.3 is 14.2 Å². The van der Waals surface area contributed by atoms with E-state index in [1.807, 2.05) is 18.4 Å². The Balaban J connectivity index is 1.55. The second-order valence-electron chi connectivity index (χ2n) is 6.72. The minimum absolute atomic E-state index is 0.148. The van der Waals surface area contributed by atoms with E-state index < -0.39 is 0 Å². The van der Waals surface area contributed by atoms with Crippen molar-refractivity contribution in [2.45, 2.75) is 26.5 Å². The summed E-state index contributed by atoms with van der Waals surface area (Å²) in [5.41, 5.74) is 1.27. The Kier molecular flexibility index (Phi) is 4.77. The molecule has 8 heteroatoms. The number of fused-ring (bicyclic) bond motifs is 1. The molecule has 0 unspecified atom stereocenters. The molecule has 0 bridgehead atoms. The summed E-state index contributed by atoms with van der Waals surface area (Å²) in [6.07, 6.45) is 3.00. The van der Waals surface area contributed by atoms with E-state index in [2.05, 4.69) is 9.97 Å². The number of aromatic nitrogens is 3. The highest BCUT2D eigenvalue weighted by Gasteiger charge is 2.35. The number of carbonyl (C=O) groups excluding carboxylic acids is 1. The molecule has 28 heavy (non-hydrogen) atoms. The molecular formula is C20H19ClN4O3. The Morgan fingerprint density at radius 2 is 2.11 bits per heavy atom. The number of halogens is 1. The smallest absolute Gasteiger partial charge is 0.259 e. The van der Waals surface area contributed by atoms with E-state index in [1.165, 1.54) is 0 Å². The quantitative estimate of drug-likeness (QED) is 0.675. The molecule has 1 aliphatic heterocycles. The molecule has 0 aromatic carbocycles. The molecule has 1 aliphatic rings. The average Bonchev–Trinajstić information content (AvgIpc) is 2.65. The summed E-state index contributed by atoms with van der Waals surface area (Å²) in [5.74, 6) is 0.0448. The first-order valence-electron chi connectivity index (χ1n) is 9.05. The fraction of sp³-hybridized carbons (Fsp3) is 0.300. The minimum atomic E-state index is -0.304. The Morgan fingerprint density at radius 1 is 1.32 bits per heavy atom. The molecule has 4 heterocycles. The summed E-state index contributed by atoms with van der Waals surface area (Å²) in [6, 6.07) is 6.93. The van der Waals surface area contributed by atoms with Crippen LogP contribution in [0, 0.1) is 6.92 Å². The van der Waals surface area contributed by atoms with Crippen molar-refractivity contribution in [1.29, 1.82) is 0 Å². The predicted molar refractivity (Wildman–Crippen MR) is 106 cm³/mol. The number of nitrogens with zero attached hydrogens (tertiary/aromatic N) is 4. The number of hydrogen-bond donors (Lipinski definition) is 0. The summed E-state index contributed by atoms with van der Waals surface area (Å²) in [4.78, 5) is 35.9. The van der Waals surface area contributed by atoms with Crippen molar-refractivity contribution in [1.82, 2.24) is 19.4 Å². The van der Waals surface area contributed by atoms with Crippen LogP contribution in [0.15, 0.2) is 41.5 Å². The zero-order valence-electron chi connectivity index (χ0n) is 15.6. The van der Waals surface area contributed by atoms with Crippen molar-refractivity contribution < 1.29 is 9.53 Å². The topological polar surface area (TPSA) is 77.3 Å². The molecule has 0 radical (unpaired) electrons. The van der Waals surface area contributed by atoms with Crippen LogP contribution in [0.2, 0.25) is 5.02 Å². The largest absolute Gasteiger partial charge is 0.470 e. The molecule has 1 saturated heterocycles. The molecule has 1 amide bonds. The number of pyridine rings is 3. The lowest BCUT2D eigenvalue weighted by molar-refractivity contribution is 0.0159. The van der Waals surface area contributed by atoms with Gasteiger partial charge in [0.1, 0.15) is 22.3 Å². The van der Waals surface area contributed by atoms with E-state index in [9.17, 15) is 9.59 Å². The van der Waals surface area contributed by atoms with E-state index in [1.54, 1.807) is 41.6 Å². The van der Waals surface area contributed by atoms with Crippen molar-refractivity contribution in [3.8, 4) is 5.88 Å². The minimum Gasteiger partial charge on any atom is -0.470 e. The van der Waals surface area contributed by atoms with Crippen LogP contribution in [0.5, 0.6) is 5.88 Å².